The standard InChI is InChI=1S/C37H42ClF4N5O3Si/c1-36(2,3)51(26-11-6-4-7-12-26,27-13-8-5-9-14-27)50-18-15-25-22-48-34-29-31(30(42)32(38)44-34)43-35(45-33(29)47(25)21-28(40)41)49-23-37-16-10-17-46(37)20-24(39)19-37/h4-9,11-14,24-25,28H,10,15-23H2,1-3H3/t24-,25+,37+/m1/s1. The molecular weight excluding hydrogens is 702 g/mol. The van der Waals surface area contributed by atoms with Gasteiger partial charge in [0.25, 0.3) is 14.7 Å². The number of anilines is 1. The highest BCUT2D eigenvalue weighted by atomic mass is 35.5. The van der Waals surface area contributed by atoms with Gasteiger partial charge in [-0.2, -0.15) is 15.0 Å². The summed E-state index contributed by atoms with van der Waals surface area (Å²) in [7, 11) is -2.94. The first-order valence-corrected chi connectivity index (χ1v) is 19.7. The minimum absolute atomic E-state index is 0.0110. The van der Waals surface area contributed by atoms with Crippen LogP contribution in [0.15, 0.2) is 60.7 Å². The molecule has 0 unspecified atom stereocenters. The van der Waals surface area contributed by atoms with Crippen molar-refractivity contribution < 1.29 is 31.5 Å². The van der Waals surface area contributed by atoms with Crippen molar-refractivity contribution >= 4 is 47.0 Å². The minimum Gasteiger partial charge on any atom is -0.475 e. The third-order valence-corrected chi connectivity index (χ3v) is 15.8. The molecule has 4 aromatic rings. The zero-order valence-electron chi connectivity index (χ0n) is 28.9. The maximum absolute atomic E-state index is 15.7. The Labute approximate surface area is 301 Å². The normalized spacial score (nSPS) is 22.3. The largest absolute Gasteiger partial charge is 0.475 e. The summed E-state index contributed by atoms with van der Waals surface area (Å²) in [6.45, 7) is 7.08. The third-order valence-electron chi connectivity index (χ3n) is 10.5. The van der Waals surface area contributed by atoms with E-state index in [1.54, 1.807) is 0 Å². The molecule has 0 aliphatic carbocycles. The number of halogens is 5. The lowest BCUT2D eigenvalue weighted by Crippen LogP contribution is -2.66. The summed E-state index contributed by atoms with van der Waals surface area (Å²) in [5.41, 5.74) is -0.776. The number of hydrogen-bond donors (Lipinski definition) is 0. The molecule has 0 saturated carbocycles. The average molecular weight is 744 g/mol. The molecule has 0 N–H and O–H groups in total. The van der Waals surface area contributed by atoms with Crippen molar-refractivity contribution in [2.75, 3.05) is 44.4 Å². The summed E-state index contributed by atoms with van der Waals surface area (Å²) < 4.78 is 78.3. The van der Waals surface area contributed by atoms with Gasteiger partial charge < -0.3 is 18.8 Å². The van der Waals surface area contributed by atoms with Crippen LogP contribution in [0.2, 0.25) is 10.2 Å². The monoisotopic (exact) mass is 743 g/mol. The van der Waals surface area contributed by atoms with E-state index in [-0.39, 0.29) is 59.9 Å². The van der Waals surface area contributed by atoms with Crippen LogP contribution in [-0.2, 0) is 4.43 Å². The molecule has 2 saturated heterocycles. The third kappa shape index (κ3) is 6.66. The Morgan fingerprint density at radius 2 is 1.73 bits per heavy atom. The quantitative estimate of drug-likeness (QED) is 0.0971. The summed E-state index contributed by atoms with van der Waals surface area (Å²) >= 11 is 6.21. The first kappa shape index (κ1) is 35.9. The van der Waals surface area contributed by atoms with E-state index in [0.29, 0.717) is 13.0 Å². The highest BCUT2D eigenvalue weighted by molar-refractivity contribution is 6.99. The zero-order chi connectivity index (χ0) is 36.0. The van der Waals surface area contributed by atoms with Crippen molar-refractivity contribution in [2.45, 2.75) is 75.7 Å². The van der Waals surface area contributed by atoms with Gasteiger partial charge in [0.15, 0.2) is 11.0 Å². The second-order valence-corrected chi connectivity index (χ2v) is 19.4. The Bertz CT molecular complexity index is 1820. The van der Waals surface area contributed by atoms with E-state index in [1.807, 2.05) is 36.4 Å². The molecule has 272 valence electrons. The number of nitrogens with zero attached hydrogens (tertiary/aromatic N) is 5. The highest BCUT2D eigenvalue weighted by Crippen LogP contribution is 2.43. The van der Waals surface area contributed by atoms with Crippen LogP contribution in [0.3, 0.4) is 0 Å². The van der Waals surface area contributed by atoms with Gasteiger partial charge in [-0.3, -0.25) is 4.90 Å². The molecule has 14 heteroatoms. The fraction of sp³-hybridized carbons (Fsp3) is 0.486. The molecule has 0 spiro atoms. The predicted octanol–water partition coefficient (Wildman–Crippen LogP) is 6.57. The van der Waals surface area contributed by atoms with Gasteiger partial charge in [0, 0.05) is 19.6 Å². The Hall–Kier alpha value is -3.52. The van der Waals surface area contributed by atoms with Crippen LogP contribution in [0, 0.1) is 5.82 Å². The highest BCUT2D eigenvalue weighted by Gasteiger charge is 2.51. The zero-order valence-corrected chi connectivity index (χ0v) is 30.7. The van der Waals surface area contributed by atoms with Gasteiger partial charge in [-0.1, -0.05) is 93.0 Å². The van der Waals surface area contributed by atoms with Gasteiger partial charge in [-0.05, 0) is 41.2 Å². The molecule has 3 aliphatic heterocycles. The van der Waals surface area contributed by atoms with E-state index < -0.39 is 50.0 Å². The molecule has 0 radical (unpaired) electrons. The number of alkyl halides is 3. The summed E-state index contributed by atoms with van der Waals surface area (Å²) in [5.74, 6) is -0.982. The number of benzene rings is 2. The van der Waals surface area contributed by atoms with E-state index in [4.69, 9.17) is 25.5 Å². The van der Waals surface area contributed by atoms with E-state index >= 15 is 4.39 Å². The molecule has 2 fully saturated rings. The topological polar surface area (TPSA) is 72.8 Å². The average Bonchev–Trinajstić information content (AvgIpc) is 3.59. The number of hydrogen-bond acceptors (Lipinski definition) is 8. The van der Waals surface area contributed by atoms with Crippen LogP contribution in [0.1, 0.15) is 46.5 Å². The molecule has 2 aromatic heterocycles. The summed E-state index contributed by atoms with van der Waals surface area (Å²) in [4.78, 5) is 16.6. The van der Waals surface area contributed by atoms with E-state index in [2.05, 4.69) is 64.9 Å². The summed E-state index contributed by atoms with van der Waals surface area (Å²) in [6, 6.07) is 19.4. The molecule has 0 amide bonds. The van der Waals surface area contributed by atoms with Gasteiger partial charge in [-0.15, -0.1) is 0 Å². The van der Waals surface area contributed by atoms with Crippen LogP contribution in [0.4, 0.5) is 23.4 Å². The smallest absolute Gasteiger partial charge is 0.319 e. The van der Waals surface area contributed by atoms with Crippen molar-refractivity contribution in [1.82, 2.24) is 19.9 Å². The van der Waals surface area contributed by atoms with E-state index in [9.17, 15) is 13.2 Å². The molecule has 7 rings (SSSR count). The first-order chi connectivity index (χ1) is 24.4. The molecule has 2 aromatic carbocycles. The molecule has 3 atom stereocenters. The van der Waals surface area contributed by atoms with Crippen LogP contribution < -0.4 is 24.7 Å². The Morgan fingerprint density at radius 3 is 2.37 bits per heavy atom. The van der Waals surface area contributed by atoms with Gasteiger partial charge in [0.2, 0.25) is 5.88 Å². The summed E-state index contributed by atoms with van der Waals surface area (Å²) in [5, 5.41) is 1.44. The predicted molar refractivity (Wildman–Crippen MR) is 192 cm³/mol. The van der Waals surface area contributed by atoms with Crippen molar-refractivity contribution in [3.63, 3.8) is 0 Å². The second kappa shape index (κ2) is 14.1. The van der Waals surface area contributed by atoms with Crippen LogP contribution in [-0.4, -0.2) is 91.8 Å². The molecular formula is C37H42ClF4N5O3Si. The van der Waals surface area contributed by atoms with Crippen molar-refractivity contribution in [2.24, 2.45) is 0 Å². The van der Waals surface area contributed by atoms with Crippen LogP contribution >= 0.6 is 11.6 Å². The van der Waals surface area contributed by atoms with Crippen LogP contribution in [0.25, 0.3) is 10.9 Å². The fourth-order valence-corrected chi connectivity index (χ4v) is 13.0. The number of pyridine rings is 1. The van der Waals surface area contributed by atoms with E-state index in [1.165, 1.54) is 4.90 Å². The van der Waals surface area contributed by atoms with Crippen LogP contribution in [0.5, 0.6) is 11.9 Å². The molecule has 8 nitrogen and oxygen atoms in total. The SMILES string of the molecule is CC(C)(C)[Si](OCC[C@H]1COc2nc(Cl)c(F)c3nc(OC[C@@]45CCCN4C[C@H](F)C5)nc(c23)N1CC(F)F)(c1ccccc1)c1ccccc1. The number of aromatic nitrogens is 3. The van der Waals surface area contributed by atoms with Gasteiger partial charge >= 0.3 is 6.01 Å². The fourth-order valence-electron chi connectivity index (χ4n) is 8.27. The minimum atomic E-state index is -2.94. The Morgan fingerprint density at radius 1 is 1.04 bits per heavy atom. The number of ether oxygens (including phenoxy) is 2. The van der Waals surface area contributed by atoms with Gasteiger partial charge in [0.1, 0.15) is 36.1 Å². The van der Waals surface area contributed by atoms with Gasteiger partial charge in [0.05, 0.1) is 18.1 Å². The van der Waals surface area contributed by atoms with Crippen molar-refractivity contribution in [1.29, 1.82) is 0 Å². The number of rotatable bonds is 11. The first-order valence-electron chi connectivity index (χ1n) is 17.4. The summed E-state index contributed by atoms with van der Waals surface area (Å²) in [6.07, 6.45) is -1.53. The maximum atomic E-state index is 15.7. The number of fused-ring (bicyclic) bond motifs is 1. The van der Waals surface area contributed by atoms with Crippen molar-refractivity contribution in [3.8, 4) is 11.9 Å². The molecule has 0 bridgehead atoms. The lowest BCUT2D eigenvalue weighted by atomic mass is 9.95. The molecule has 5 heterocycles. The second-order valence-electron chi connectivity index (χ2n) is 14.7. The van der Waals surface area contributed by atoms with E-state index in [0.717, 1.165) is 29.8 Å². The Balaban J connectivity index is 1.24. The lowest BCUT2D eigenvalue weighted by molar-refractivity contribution is 0.107. The van der Waals surface area contributed by atoms with Crippen molar-refractivity contribution in [3.05, 3.63) is 71.6 Å². The Kier molecular flexibility index (Phi) is 9.94. The maximum Gasteiger partial charge on any atom is 0.319 e. The van der Waals surface area contributed by atoms with Gasteiger partial charge in [-0.25, -0.2) is 17.6 Å². The lowest BCUT2D eigenvalue weighted by Gasteiger charge is -2.43. The molecule has 51 heavy (non-hydrogen) atoms. The molecule has 3 aliphatic rings.